The molecule has 2 N–H and O–H groups in total. The predicted octanol–water partition coefficient (Wildman–Crippen LogP) is 5.10. The largest absolute Gasteiger partial charge is 0.507 e. The van der Waals surface area contributed by atoms with Gasteiger partial charge in [-0.25, -0.2) is 0 Å². The van der Waals surface area contributed by atoms with Crippen molar-refractivity contribution < 1.29 is 19.4 Å². The first-order chi connectivity index (χ1) is 16.1. The van der Waals surface area contributed by atoms with Crippen LogP contribution in [-0.4, -0.2) is 31.5 Å². The molecule has 0 aliphatic heterocycles. The van der Waals surface area contributed by atoms with E-state index in [4.69, 9.17) is 9.47 Å². The Labute approximate surface area is 191 Å². The van der Waals surface area contributed by atoms with E-state index in [9.17, 15) is 9.90 Å². The van der Waals surface area contributed by atoms with Crippen molar-refractivity contribution in [2.75, 3.05) is 0 Å². The second-order valence-electron chi connectivity index (χ2n) is 7.51. The maximum Gasteiger partial charge on any atom is 0.208 e. The van der Waals surface area contributed by atoms with Crippen LogP contribution in [0.25, 0.3) is 11.4 Å². The Hall–Kier alpha value is -4.20. The van der Waals surface area contributed by atoms with Gasteiger partial charge >= 0.3 is 0 Å². The Morgan fingerprint density at radius 1 is 1.06 bits per heavy atom. The number of aromatic amines is 1. The van der Waals surface area contributed by atoms with Gasteiger partial charge in [-0.2, -0.15) is 5.21 Å². The lowest BCUT2D eigenvalue weighted by Gasteiger charge is -2.15. The van der Waals surface area contributed by atoms with Gasteiger partial charge < -0.3 is 14.6 Å². The molecule has 0 unspecified atom stereocenters. The number of rotatable bonds is 9. The fourth-order valence-electron chi connectivity index (χ4n) is 3.53. The monoisotopic (exact) mass is 444 g/mol. The summed E-state index contributed by atoms with van der Waals surface area (Å²) in [5.41, 5.74) is 2.56. The molecule has 0 saturated carbocycles. The fraction of sp³-hybridized carbons (Fsp3) is 0.200. The lowest BCUT2D eigenvalue weighted by Crippen LogP contribution is -2.02. The van der Waals surface area contributed by atoms with Crippen molar-refractivity contribution in [2.24, 2.45) is 0 Å². The summed E-state index contributed by atoms with van der Waals surface area (Å²) in [5.74, 6) is 2.07. The Morgan fingerprint density at radius 2 is 1.91 bits per heavy atom. The lowest BCUT2D eigenvalue weighted by atomic mass is 10.0. The third-order valence-electron chi connectivity index (χ3n) is 5.11. The first-order valence-corrected chi connectivity index (χ1v) is 10.6. The molecule has 4 rings (SSSR count). The number of carbonyl (C=O) groups is 1. The van der Waals surface area contributed by atoms with E-state index in [0.29, 0.717) is 40.6 Å². The van der Waals surface area contributed by atoms with Gasteiger partial charge in [0.15, 0.2) is 5.78 Å². The molecule has 0 bridgehead atoms. The van der Waals surface area contributed by atoms with Crippen molar-refractivity contribution in [2.45, 2.75) is 33.3 Å². The molecule has 0 aliphatic rings. The summed E-state index contributed by atoms with van der Waals surface area (Å²) in [6.45, 7) is 3.73. The van der Waals surface area contributed by atoms with Crippen LogP contribution in [0.4, 0.5) is 0 Å². The number of H-pyrrole nitrogens is 1. The summed E-state index contributed by atoms with van der Waals surface area (Å²) in [6.07, 6.45) is 1.42. The summed E-state index contributed by atoms with van der Waals surface area (Å²) in [6, 6.07) is 18.3. The molecule has 0 fully saturated rings. The Morgan fingerprint density at radius 3 is 2.67 bits per heavy atom. The van der Waals surface area contributed by atoms with Gasteiger partial charge in [0.2, 0.25) is 5.82 Å². The van der Waals surface area contributed by atoms with Crippen LogP contribution in [0, 0.1) is 0 Å². The van der Waals surface area contributed by atoms with Crippen molar-refractivity contribution in [1.82, 2.24) is 20.6 Å². The molecule has 0 saturated heterocycles. The number of aromatic hydroxyl groups is 1. The van der Waals surface area contributed by atoms with E-state index in [1.165, 1.54) is 6.92 Å². The second kappa shape index (κ2) is 9.95. The number of Topliss-reactive ketones (excluding diaryl/α,β-unsaturated/α-hetero) is 1. The number of nitrogens with one attached hydrogen (secondary N) is 1. The van der Waals surface area contributed by atoms with Crippen molar-refractivity contribution in [3.05, 3.63) is 77.4 Å². The van der Waals surface area contributed by atoms with Crippen LogP contribution in [0.1, 0.15) is 41.8 Å². The average molecular weight is 444 g/mol. The molecule has 0 aliphatic carbocycles. The van der Waals surface area contributed by atoms with Crippen LogP contribution in [0.15, 0.2) is 60.7 Å². The highest BCUT2D eigenvalue weighted by Crippen LogP contribution is 2.34. The molecule has 0 amide bonds. The van der Waals surface area contributed by atoms with Crippen molar-refractivity contribution in [3.63, 3.8) is 0 Å². The summed E-state index contributed by atoms with van der Waals surface area (Å²) < 4.78 is 12.1. The number of hydrogen-bond acceptors (Lipinski definition) is 7. The number of carbonyl (C=O) groups excluding carboxylic acids is 1. The number of tetrazole rings is 1. The van der Waals surface area contributed by atoms with E-state index in [1.807, 2.05) is 55.5 Å². The third-order valence-corrected chi connectivity index (χ3v) is 5.11. The maximum absolute atomic E-state index is 11.8. The van der Waals surface area contributed by atoms with E-state index in [-0.39, 0.29) is 18.1 Å². The first kappa shape index (κ1) is 22.0. The van der Waals surface area contributed by atoms with E-state index in [0.717, 1.165) is 17.5 Å². The molecule has 8 nitrogen and oxygen atoms in total. The number of nitrogens with zero attached hydrogens (tertiary/aromatic N) is 3. The first-order valence-electron chi connectivity index (χ1n) is 10.6. The standard InChI is InChI=1S/C25H24N4O4/c1-3-7-20-22(13-12-19(16(2)30)24(20)31)32-15-17-8-6-9-18(14-17)33-23-11-5-4-10-21(23)25-26-28-29-27-25/h4-6,8-14,31H,3,7,15H2,1-2H3,(H,26,27,28,29). The normalized spacial score (nSPS) is 10.7. The Balaban J connectivity index is 1.53. The van der Waals surface area contributed by atoms with Crippen LogP contribution in [0.5, 0.6) is 23.0 Å². The zero-order chi connectivity index (χ0) is 23.2. The number of benzene rings is 3. The highest BCUT2D eigenvalue weighted by molar-refractivity contribution is 5.97. The molecular formula is C25H24N4O4. The fourth-order valence-corrected chi connectivity index (χ4v) is 3.53. The number of hydrogen-bond donors (Lipinski definition) is 2. The van der Waals surface area contributed by atoms with Gasteiger partial charge in [0.25, 0.3) is 0 Å². The highest BCUT2D eigenvalue weighted by atomic mass is 16.5. The van der Waals surface area contributed by atoms with E-state index >= 15 is 0 Å². The second-order valence-corrected chi connectivity index (χ2v) is 7.51. The molecule has 8 heteroatoms. The van der Waals surface area contributed by atoms with Crippen molar-refractivity contribution >= 4 is 5.78 Å². The number of ether oxygens (including phenoxy) is 2. The minimum atomic E-state index is -0.178. The Kier molecular flexibility index (Phi) is 6.64. The molecule has 0 spiro atoms. The molecule has 0 atom stereocenters. The van der Waals surface area contributed by atoms with Gasteiger partial charge in [-0.1, -0.05) is 37.6 Å². The topological polar surface area (TPSA) is 110 Å². The molecule has 3 aromatic carbocycles. The lowest BCUT2D eigenvalue weighted by molar-refractivity contribution is 0.101. The van der Waals surface area contributed by atoms with Crippen LogP contribution in [-0.2, 0) is 13.0 Å². The molecule has 0 radical (unpaired) electrons. The quantitative estimate of drug-likeness (QED) is 0.346. The number of para-hydroxylation sites is 1. The number of aromatic nitrogens is 4. The minimum absolute atomic E-state index is 0.00277. The zero-order valence-electron chi connectivity index (χ0n) is 18.4. The molecular weight excluding hydrogens is 420 g/mol. The molecule has 1 heterocycles. The zero-order valence-corrected chi connectivity index (χ0v) is 18.4. The van der Waals surface area contributed by atoms with Gasteiger partial charge in [-0.15, -0.1) is 10.2 Å². The molecule has 33 heavy (non-hydrogen) atoms. The SMILES string of the molecule is CCCc1c(OCc2cccc(Oc3ccccc3-c3nn[nH]n3)c2)ccc(C(C)=O)c1O. The van der Waals surface area contributed by atoms with Crippen LogP contribution in [0.2, 0.25) is 0 Å². The molecule has 168 valence electrons. The van der Waals surface area contributed by atoms with Gasteiger partial charge in [0, 0.05) is 5.56 Å². The summed E-state index contributed by atoms with van der Waals surface area (Å²) in [4.78, 5) is 11.8. The van der Waals surface area contributed by atoms with Crippen LogP contribution < -0.4 is 9.47 Å². The number of ketones is 1. The minimum Gasteiger partial charge on any atom is -0.507 e. The van der Waals surface area contributed by atoms with Gasteiger partial charge in [0.1, 0.15) is 29.6 Å². The summed E-state index contributed by atoms with van der Waals surface area (Å²) in [7, 11) is 0. The summed E-state index contributed by atoms with van der Waals surface area (Å²) >= 11 is 0. The van der Waals surface area contributed by atoms with Crippen molar-refractivity contribution in [1.29, 1.82) is 0 Å². The third kappa shape index (κ3) is 5.01. The average Bonchev–Trinajstić information content (AvgIpc) is 3.35. The number of phenolic OH excluding ortho intramolecular Hbond substituents is 1. The predicted molar refractivity (Wildman–Crippen MR) is 123 cm³/mol. The molecule has 4 aromatic rings. The maximum atomic E-state index is 11.8. The molecule has 1 aromatic heterocycles. The van der Waals surface area contributed by atoms with Crippen LogP contribution in [0.3, 0.4) is 0 Å². The number of phenols is 1. The highest BCUT2D eigenvalue weighted by Gasteiger charge is 2.16. The van der Waals surface area contributed by atoms with Gasteiger partial charge in [-0.3, -0.25) is 4.79 Å². The van der Waals surface area contributed by atoms with Gasteiger partial charge in [-0.05, 0) is 60.5 Å². The van der Waals surface area contributed by atoms with E-state index < -0.39 is 0 Å². The van der Waals surface area contributed by atoms with Gasteiger partial charge in [0.05, 0.1) is 11.1 Å². The van der Waals surface area contributed by atoms with Crippen molar-refractivity contribution in [3.8, 4) is 34.4 Å². The summed E-state index contributed by atoms with van der Waals surface area (Å²) in [5, 5.41) is 24.7. The van der Waals surface area contributed by atoms with E-state index in [1.54, 1.807) is 12.1 Å². The smallest absolute Gasteiger partial charge is 0.208 e. The van der Waals surface area contributed by atoms with Crippen LogP contribution >= 0.6 is 0 Å². The van der Waals surface area contributed by atoms with E-state index in [2.05, 4.69) is 20.6 Å². The Bertz CT molecular complexity index is 1260.